The van der Waals surface area contributed by atoms with Crippen LogP contribution in [-0.2, 0) is 6.18 Å². The van der Waals surface area contributed by atoms with Gasteiger partial charge in [0.15, 0.2) is 0 Å². The zero-order valence-corrected chi connectivity index (χ0v) is 9.71. The van der Waals surface area contributed by atoms with E-state index in [4.69, 9.17) is 4.74 Å². The number of alkyl halides is 3. The molecule has 0 atom stereocenters. The number of ether oxygens (including phenoxy) is 1. The van der Waals surface area contributed by atoms with Gasteiger partial charge in [0, 0.05) is 12.7 Å². The van der Waals surface area contributed by atoms with Crippen molar-refractivity contribution in [2.45, 2.75) is 13.1 Å². The molecule has 1 aliphatic rings. The van der Waals surface area contributed by atoms with Crippen molar-refractivity contribution in [3.63, 3.8) is 0 Å². The number of benzene rings is 1. The van der Waals surface area contributed by atoms with E-state index < -0.39 is 11.7 Å². The van der Waals surface area contributed by atoms with Gasteiger partial charge in [-0.05, 0) is 25.1 Å². The molecule has 0 radical (unpaired) electrons. The second-order valence-corrected chi connectivity index (χ2v) is 3.96. The molecule has 0 bridgehead atoms. The Labute approximate surface area is 103 Å². The Kier molecular flexibility index (Phi) is 3.32. The molecule has 1 aliphatic heterocycles. The molecular formula is C13H12F3NO. The van der Waals surface area contributed by atoms with Crippen LogP contribution in [0.3, 0.4) is 0 Å². The van der Waals surface area contributed by atoms with Gasteiger partial charge in [-0.3, -0.25) is 0 Å². The van der Waals surface area contributed by atoms with Gasteiger partial charge in [-0.15, -0.1) is 0 Å². The molecule has 5 heteroatoms. The van der Waals surface area contributed by atoms with Crippen LogP contribution in [0.4, 0.5) is 13.2 Å². The first-order valence-corrected chi connectivity index (χ1v) is 5.42. The summed E-state index contributed by atoms with van der Waals surface area (Å²) in [5.41, 5.74) is -0.219. The fourth-order valence-electron chi connectivity index (χ4n) is 1.60. The largest absolute Gasteiger partial charge is 0.455 e. The average molecular weight is 255 g/mol. The van der Waals surface area contributed by atoms with Gasteiger partial charge in [-0.2, -0.15) is 13.2 Å². The minimum atomic E-state index is -4.42. The quantitative estimate of drug-likeness (QED) is 0.874. The average Bonchev–Trinajstić information content (AvgIpc) is 2.31. The zero-order valence-electron chi connectivity index (χ0n) is 9.71. The maximum atomic E-state index is 12.8. The Hall–Kier alpha value is -1.91. The van der Waals surface area contributed by atoms with Crippen molar-refractivity contribution in [3.05, 3.63) is 53.4 Å². The number of allylic oxidation sites excluding steroid dienone is 1. The fraction of sp³-hybridized carbons (Fsp3) is 0.231. The normalized spacial score (nSPS) is 15.0. The van der Waals surface area contributed by atoms with Gasteiger partial charge in [0.1, 0.15) is 11.5 Å². The number of hydrogen-bond donors (Lipinski definition) is 1. The first kappa shape index (κ1) is 12.5. The van der Waals surface area contributed by atoms with Crippen molar-refractivity contribution in [2.24, 2.45) is 0 Å². The van der Waals surface area contributed by atoms with E-state index >= 15 is 0 Å². The molecule has 0 fully saturated rings. The van der Waals surface area contributed by atoms with Crippen LogP contribution in [0.15, 0.2) is 42.3 Å². The lowest BCUT2D eigenvalue weighted by atomic mass is 10.1. The maximum absolute atomic E-state index is 12.8. The summed E-state index contributed by atoms with van der Waals surface area (Å²) >= 11 is 0. The highest BCUT2D eigenvalue weighted by Gasteiger charge is 2.34. The van der Waals surface area contributed by atoms with Gasteiger partial charge in [0.25, 0.3) is 0 Å². The molecule has 0 aliphatic carbocycles. The fourth-order valence-corrected chi connectivity index (χ4v) is 1.60. The molecule has 0 amide bonds. The molecule has 18 heavy (non-hydrogen) atoms. The van der Waals surface area contributed by atoms with E-state index in [1.165, 1.54) is 6.07 Å². The predicted molar refractivity (Wildman–Crippen MR) is 62.0 cm³/mol. The third-order valence-electron chi connectivity index (χ3n) is 2.43. The smallest absolute Gasteiger partial charge is 0.419 e. The van der Waals surface area contributed by atoms with E-state index in [0.717, 1.165) is 6.07 Å². The van der Waals surface area contributed by atoms with Crippen molar-refractivity contribution >= 4 is 0 Å². The van der Waals surface area contributed by atoms with Crippen LogP contribution in [-0.4, -0.2) is 6.54 Å². The van der Waals surface area contributed by atoms with E-state index in [0.29, 0.717) is 17.9 Å². The Bertz CT molecular complexity index is 503. The molecule has 0 unspecified atom stereocenters. The third kappa shape index (κ3) is 2.85. The lowest BCUT2D eigenvalue weighted by molar-refractivity contribution is -0.138. The highest BCUT2D eigenvalue weighted by Crippen LogP contribution is 2.37. The van der Waals surface area contributed by atoms with Crippen molar-refractivity contribution in [1.29, 1.82) is 0 Å². The second kappa shape index (κ2) is 4.76. The van der Waals surface area contributed by atoms with Crippen molar-refractivity contribution < 1.29 is 17.9 Å². The lowest BCUT2D eigenvalue weighted by Gasteiger charge is -2.16. The second-order valence-electron chi connectivity index (χ2n) is 3.96. The predicted octanol–water partition coefficient (Wildman–Crippen LogP) is 3.39. The standard InChI is InChI=1S/C13H12F3NO/c1-9-4-5-12(11(7-9)13(14,15)16)18-10-3-2-6-17-8-10/h2-5,7-8,17H,6H2,1H3. The van der Waals surface area contributed by atoms with Crippen LogP contribution in [0.2, 0.25) is 0 Å². The van der Waals surface area contributed by atoms with Crippen LogP contribution in [0.5, 0.6) is 5.75 Å². The van der Waals surface area contributed by atoms with E-state index in [9.17, 15) is 13.2 Å². The zero-order chi connectivity index (χ0) is 13.2. The maximum Gasteiger partial charge on any atom is 0.419 e. The lowest BCUT2D eigenvalue weighted by Crippen LogP contribution is -2.13. The molecular weight excluding hydrogens is 243 g/mol. The Morgan fingerprint density at radius 1 is 1.28 bits per heavy atom. The minimum absolute atomic E-state index is 0.187. The summed E-state index contributed by atoms with van der Waals surface area (Å²) in [7, 11) is 0. The third-order valence-corrected chi connectivity index (χ3v) is 2.43. The number of rotatable bonds is 2. The number of dihydropyridines is 1. The van der Waals surface area contributed by atoms with Gasteiger partial charge in [0.2, 0.25) is 0 Å². The van der Waals surface area contributed by atoms with Gasteiger partial charge in [-0.1, -0.05) is 17.7 Å². The molecule has 0 saturated heterocycles. The summed E-state index contributed by atoms with van der Waals surface area (Å²) in [5, 5.41) is 2.87. The number of nitrogens with one attached hydrogen (secondary N) is 1. The van der Waals surface area contributed by atoms with Crippen molar-refractivity contribution in [1.82, 2.24) is 5.32 Å². The number of aryl methyl sites for hydroxylation is 1. The van der Waals surface area contributed by atoms with Gasteiger partial charge in [-0.25, -0.2) is 0 Å². The van der Waals surface area contributed by atoms with Crippen LogP contribution in [0, 0.1) is 6.92 Å². The van der Waals surface area contributed by atoms with E-state index in [2.05, 4.69) is 5.32 Å². The number of halogens is 3. The van der Waals surface area contributed by atoms with E-state index in [1.54, 1.807) is 31.3 Å². The van der Waals surface area contributed by atoms with Crippen LogP contribution >= 0.6 is 0 Å². The highest BCUT2D eigenvalue weighted by molar-refractivity contribution is 5.40. The SMILES string of the molecule is Cc1ccc(OC2=CNCC=C2)c(C(F)(F)F)c1. The highest BCUT2D eigenvalue weighted by atomic mass is 19.4. The molecule has 0 saturated carbocycles. The van der Waals surface area contributed by atoms with Crippen LogP contribution in [0.25, 0.3) is 0 Å². The minimum Gasteiger partial charge on any atom is -0.455 e. The first-order chi connectivity index (χ1) is 8.47. The monoisotopic (exact) mass is 255 g/mol. The number of hydrogen-bond acceptors (Lipinski definition) is 2. The van der Waals surface area contributed by atoms with Gasteiger partial charge in [0.05, 0.1) is 5.56 Å². The summed E-state index contributed by atoms with van der Waals surface area (Å²) in [5.74, 6) is 0.170. The molecule has 1 aromatic carbocycles. The van der Waals surface area contributed by atoms with E-state index in [-0.39, 0.29) is 5.75 Å². The Morgan fingerprint density at radius 2 is 2.06 bits per heavy atom. The molecule has 0 aromatic heterocycles. The summed E-state index contributed by atoms with van der Waals surface area (Å²) in [6, 6.07) is 4.00. The molecule has 1 heterocycles. The Morgan fingerprint density at radius 3 is 2.67 bits per heavy atom. The molecule has 1 N–H and O–H groups in total. The van der Waals surface area contributed by atoms with Crippen LogP contribution in [0.1, 0.15) is 11.1 Å². The summed E-state index contributed by atoms with van der Waals surface area (Å²) in [4.78, 5) is 0. The Balaban J connectivity index is 2.32. The molecule has 0 spiro atoms. The molecule has 96 valence electrons. The van der Waals surface area contributed by atoms with Gasteiger partial charge >= 0.3 is 6.18 Å². The van der Waals surface area contributed by atoms with Crippen molar-refractivity contribution in [2.75, 3.05) is 6.54 Å². The molecule has 2 nitrogen and oxygen atoms in total. The summed E-state index contributed by atoms with van der Waals surface area (Å²) in [6.07, 6.45) is 0.529. The van der Waals surface area contributed by atoms with Gasteiger partial charge < -0.3 is 10.1 Å². The van der Waals surface area contributed by atoms with E-state index in [1.807, 2.05) is 0 Å². The molecule has 1 aromatic rings. The molecule has 2 rings (SSSR count). The summed E-state index contributed by atoms with van der Waals surface area (Å²) < 4.78 is 43.8. The topological polar surface area (TPSA) is 21.3 Å². The first-order valence-electron chi connectivity index (χ1n) is 5.42. The van der Waals surface area contributed by atoms with Crippen LogP contribution < -0.4 is 10.1 Å². The summed E-state index contributed by atoms with van der Waals surface area (Å²) in [6.45, 7) is 2.26. The van der Waals surface area contributed by atoms with Crippen molar-refractivity contribution in [3.8, 4) is 5.75 Å².